The summed E-state index contributed by atoms with van der Waals surface area (Å²) in [6.07, 6.45) is 0. The minimum absolute atomic E-state index is 0.0184. The first-order valence-electron chi connectivity index (χ1n) is 14.0. The molecule has 0 amide bonds. The molecule has 0 aromatic heterocycles. The highest BCUT2D eigenvalue weighted by molar-refractivity contribution is 7.87. The Hall–Kier alpha value is -5.07. The average molecular weight is 847 g/mol. The maximum atomic E-state index is 12.6. The number of rotatable bonds is 10. The molecule has 5 aromatic rings. The fourth-order valence-corrected chi connectivity index (χ4v) is 8.51. The lowest BCUT2D eigenvalue weighted by Gasteiger charge is -2.14. The van der Waals surface area contributed by atoms with Gasteiger partial charge in [-0.05, 0) is 58.8 Å². The third-order valence-electron chi connectivity index (χ3n) is 7.43. The third kappa shape index (κ3) is 7.76. The van der Waals surface area contributed by atoms with Crippen molar-refractivity contribution in [1.29, 1.82) is 0 Å². The second kappa shape index (κ2) is 13.7. The molecule has 0 saturated carbocycles. The van der Waals surface area contributed by atoms with Crippen molar-refractivity contribution < 1.29 is 70.0 Å². The number of hydrogen-bond donors (Lipinski definition) is 8. The quantitative estimate of drug-likeness (QED) is 0.0562. The number of hydrogen-bond acceptors (Lipinski definition) is 17. The number of phenols is 1. The smallest absolute Gasteiger partial charge is 0.297 e. The van der Waals surface area contributed by atoms with Crippen LogP contribution in [0, 0.1) is 0 Å². The number of azo groups is 2. The van der Waals surface area contributed by atoms with Gasteiger partial charge in [0.15, 0.2) is 5.75 Å². The maximum absolute atomic E-state index is 12.6. The predicted octanol–water partition coefficient (Wildman–Crippen LogP) is 3.80. The number of benzene rings is 5. The molecule has 5 aromatic carbocycles. The second-order valence-electron chi connectivity index (χ2n) is 10.8. The Bertz CT molecular complexity index is 3080. The van der Waals surface area contributed by atoms with Gasteiger partial charge in [0.2, 0.25) is 0 Å². The first-order valence-corrected chi connectivity index (χ1v) is 21.2. The number of nitrogens with zero attached hydrogens (tertiary/aromatic N) is 4. The highest BCUT2D eigenvalue weighted by Gasteiger charge is 2.29. The first kappa shape index (κ1) is 40.1. The summed E-state index contributed by atoms with van der Waals surface area (Å²) < 4.78 is 172. The zero-order chi connectivity index (χ0) is 40.3. The zero-order valence-electron chi connectivity index (χ0n) is 26.2. The van der Waals surface area contributed by atoms with Crippen molar-refractivity contribution in [1.82, 2.24) is 0 Å². The molecule has 0 heterocycles. The second-order valence-corrected chi connectivity index (χ2v) is 17.8. The molecule has 286 valence electrons. The van der Waals surface area contributed by atoms with Crippen LogP contribution in [0.1, 0.15) is 5.56 Å². The van der Waals surface area contributed by atoms with E-state index in [4.69, 9.17) is 11.5 Å². The number of anilines is 1. The number of nitrogens with two attached hydrogens (primary N) is 2. The normalized spacial score (nSPS) is 13.4. The fourth-order valence-electron chi connectivity index (χ4n) is 5.18. The summed E-state index contributed by atoms with van der Waals surface area (Å²) in [5.74, 6) is -1.26. The van der Waals surface area contributed by atoms with E-state index >= 15 is 0 Å². The molecule has 0 atom stereocenters. The van der Waals surface area contributed by atoms with E-state index in [2.05, 4.69) is 20.5 Å². The van der Waals surface area contributed by atoms with E-state index in [0.717, 1.165) is 30.3 Å². The van der Waals surface area contributed by atoms with Crippen molar-refractivity contribution in [3.8, 4) is 5.75 Å². The minimum Gasteiger partial charge on any atom is -0.505 e. The molecule has 0 bridgehead atoms. The predicted molar refractivity (Wildman–Crippen MR) is 186 cm³/mol. The number of aromatic hydroxyl groups is 1. The highest BCUT2D eigenvalue weighted by atomic mass is 32.2. The van der Waals surface area contributed by atoms with Gasteiger partial charge in [-0.2, -0.15) is 42.1 Å². The lowest BCUT2D eigenvalue weighted by molar-refractivity contribution is 0.472. The summed E-state index contributed by atoms with van der Waals surface area (Å²) >= 11 is 0. The molecule has 0 aliphatic rings. The van der Waals surface area contributed by atoms with E-state index in [0.29, 0.717) is 18.2 Å². The summed E-state index contributed by atoms with van der Waals surface area (Å²) in [7, 11) is -26.1. The summed E-state index contributed by atoms with van der Waals surface area (Å²) in [4.78, 5) is -5.25. The van der Waals surface area contributed by atoms with Crippen LogP contribution in [-0.2, 0) is 57.1 Å². The first-order chi connectivity index (χ1) is 24.7. The molecule has 10 N–H and O–H groups in total. The standard InChI is InChI=1S/C27H22N6O16S5/c28-11-13-7-14(50(35,36)37)10-16-15(13)5-6-18(27(16)54(47,48)49)31-32-24-20(52(41,42)43)8-12-9-21(53(44,45)46)25(26(34)22(12)23(24)29)33-30-17-3-1-2-4-19(17)51(38,39)40/h1-10,34H,11,28-29H2,(H,35,36,37)(H,38,39,40)(H,41,42,43)(H,44,45,46)(H,47,48,49). The van der Waals surface area contributed by atoms with E-state index in [1.807, 2.05) is 0 Å². The molecule has 0 aliphatic carbocycles. The van der Waals surface area contributed by atoms with Gasteiger partial charge < -0.3 is 16.6 Å². The van der Waals surface area contributed by atoms with Gasteiger partial charge in [0.05, 0.1) is 16.0 Å². The van der Waals surface area contributed by atoms with Gasteiger partial charge in [0.1, 0.15) is 42.3 Å². The van der Waals surface area contributed by atoms with E-state index in [-0.39, 0.29) is 10.9 Å². The summed E-state index contributed by atoms with van der Waals surface area (Å²) in [6.45, 7) is -0.394. The molecular weight excluding hydrogens is 825 g/mol. The minimum atomic E-state index is -5.42. The van der Waals surface area contributed by atoms with Crippen molar-refractivity contribution in [3.63, 3.8) is 0 Å². The number of phenolic OH excluding ortho intramolecular Hbond substituents is 1. The van der Waals surface area contributed by atoms with Gasteiger partial charge in [-0.3, -0.25) is 22.8 Å². The van der Waals surface area contributed by atoms with Crippen LogP contribution in [-0.4, -0.2) is 70.0 Å². The van der Waals surface area contributed by atoms with Crippen LogP contribution >= 0.6 is 0 Å². The van der Waals surface area contributed by atoms with Crippen LogP contribution in [0.4, 0.5) is 28.4 Å². The Balaban J connectivity index is 1.85. The topological polar surface area (TPSA) is 394 Å². The monoisotopic (exact) mass is 846 g/mol. The van der Waals surface area contributed by atoms with E-state index in [1.54, 1.807) is 0 Å². The fraction of sp³-hybridized carbons (Fsp3) is 0.0370. The van der Waals surface area contributed by atoms with Gasteiger partial charge in [-0.1, -0.05) is 18.2 Å². The Morgan fingerprint density at radius 2 is 1.09 bits per heavy atom. The van der Waals surface area contributed by atoms with E-state index < -0.39 is 132 Å². The van der Waals surface area contributed by atoms with Crippen molar-refractivity contribution >= 4 is 101 Å². The van der Waals surface area contributed by atoms with Crippen LogP contribution in [0.25, 0.3) is 21.5 Å². The SMILES string of the molecule is NCc1cc(S(=O)(=O)O)cc2c(S(=O)(=O)O)c(N=Nc3c(S(=O)(=O)O)cc4cc(S(=O)(=O)O)c(N=Nc5ccccc5S(=O)(=O)O)c(O)c4c3N)ccc12. The van der Waals surface area contributed by atoms with Gasteiger partial charge in [0.25, 0.3) is 50.6 Å². The summed E-state index contributed by atoms with van der Waals surface area (Å²) in [5, 5.41) is 23.7. The largest absolute Gasteiger partial charge is 0.505 e. The lowest BCUT2D eigenvalue weighted by atomic mass is 10.0. The molecule has 0 spiro atoms. The zero-order valence-corrected chi connectivity index (χ0v) is 30.3. The molecule has 0 aliphatic heterocycles. The summed E-state index contributed by atoms with van der Waals surface area (Å²) in [5.41, 5.74) is 7.33. The van der Waals surface area contributed by atoms with Gasteiger partial charge >= 0.3 is 0 Å². The van der Waals surface area contributed by atoms with E-state index in [9.17, 15) is 70.0 Å². The molecule has 0 saturated heterocycles. The van der Waals surface area contributed by atoms with Gasteiger partial charge in [-0.25, -0.2) is 0 Å². The Morgan fingerprint density at radius 3 is 1.63 bits per heavy atom. The number of nitrogen functional groups attached to an aromatic ring is 1. The third-order valence-corrected chi connectivity index (χ3v) is 11.8. The molecule has 22 nitrogen and oxygen atoms in total. The van der Waals surface area contributed by atoms with Crippen molar-refractivity contribution in [2.45, 2.75) is 31.0 Å². The van der Waals surface area contributed by atoms with Crippen molar-refractivity contribution in [3.05, 3.63) is 66.2 Å². The average Bonchev–Trinajstić information content (AvgIpc) is 3.04. The molecule has 0 unspecified atom stereocenters. The molecule has 0 radical (unpaired) electrons. The molecule has 5 rings (SSSR count). The van der Waals surface area contributed by atoms with Crippen molar-refractivity contribution in [2.24, 2.45) is 26.2 Å². The molecule has 54 heavy (non-hydrogen) atoms. The van der Waals surface area contributed by atoms with Crippen LogP contribution in [0.3, 0.4) is 0 Å². The van der Waals surface area contributed by atoms with Crippen LogP contribution < -0.4 is 11.5 Å². The maximum Gasteiger partial charge on any atom is 0.297 e. The Morgan fingerprint density at radius 1 is 0.556 bits per heavy atom. The van der Waals surface area contributed by atoms with Crippen LogP contribution in [0.15, 0.2) is 106 Å². The number of fused-ring (bicyclic) bond motifs is 2. The Kier molecular flexibility index (Phi) is 10.1. The van der Waals surface area contributed by atoms with E-state index in [1.165, 1.54) is 12.1 Å². The van der Waals surface area contributed by atoms with Crippen molar-refractivity contribution in [2.75, 3.05) is 5.73 Å². The van der Waals surface area contributed by atoms with Gasteiger partial charge in [0, 0.05) is 11.9 Å². The van der Waals surface area contributed by atoms with Crippen LogP contribution in [0.2, 0.25) is 0 Å². The molecule has 0 fully saturated rings. The van der Waals surface area contributed by atoms with Crippen LogP contribution in [0.5, 0.6) is 5.75 Å². The Labute approximate surface area is 304 Å². The lowest BCUT2D eigenvalue weighted by Crippen LogP contribution is -2.06. The molecular formula is C27H22N6O16S5. The summed E-state index contributed by atoms with van der Waals surface area (Å²) in [6, 6.07) is 9.05. The molecule has 27 heteroatoms. The van der Waals surface area contributed by atoms with Gasteiger partial charge in [-0.15, -0.1) is 20.5 Å². The highest BCUT2D eigenvalue weighted by Crippen LogP contribution is 2.49.